The summed E-state index contributed by atoms with van der Waals surface area (Å²) in [6, 6.07) is 107. The van der Waals surface area contributed by atoms with E-state index in [0.29, 0.717) is 0 Å². The molecule has 1 heterocycles. The molecule has 0 N–H and O–H groups in total. The molecule has 0 fully saturated rings. The lowest BCUT2D eigenvalue weighted by Crippen LogP contribution is -1.91. The van der Waals surface area contributed by atoms with E-state index in [1.54, 1.807) is 0 Å². The third kappa shape index (κ3) is 7.32. The largest absolute Gasteiger partial charge is 0.456 e. The molecule has 1 heteroatoms. The standard InChI is InChI=1S/C78H48O/c1-2-23-60-51(17-1)18-15-33-61(60)56-20-14-22-58(48-56)76-64-26-5-3-24-62(64)74(63-25-4-6-27-65(63)76)52-41-37-49(38-42-52)54-43-39-50-40-44-55(47-59(50)46-54)53-19-13-21-57(45-53)75-66-28-7-9-30-68(66)77(69-31-10-8-29-67(69)75)71-34-16-36-73-78(71)70-32-11-12-35-72(70)79-73/h1-48H. The molecule has 0 spiro atoms. The number of benzene rings is 15. The van der Waals surface area contributed by atoms with Crippen molar-refractivity contribution in [1.29, 1.82) is 0 Å². The predicted molar refractivity (Wildman–Crippen MR) is 337 cm³/mol. The molecule has 15 aromatic carbocycles. The Kier molecular flexibility index (Phi) is 10.3. The molecule has 0 unspecified atom stereocenters. The summed E-state index contributed by atoms with van der Waals surface area (Å²) in [5, 5.41) is 17.1. The van der Waals surface area contributed by atoms with E-state index in [2.05, 4.69) is 285 Å². The fourth-order valence-electron chi connectivity index (χ4n) is 13.1. The number of hydrogen-bond donors (Lipinski definition) is 0. The molecular weight excluding hydrogens is 953 g/mol. The van der Waals surface area contributed by atoms with Gasteiger partial charge in [0.05, 0.1) is 0 Å². The van der Waals surface area contributed by atoms with E-state index in [1.165, 1.54) is 143 Å². The lowest BCUT2D eigenvalue weighted by atomic mass is 9.84. The Morgan fingerprint density at radius 2 is 0.557 bits per heavy atom. The number of fused-ring (bicyclic) bond motifs is 9. The van der Waals surface area contributed by atoms with Gasteiger partial charge in [-0.2, -0.15) is 0 Å². The topological polar surface area (TPSA) is 13.1 Å². The highest BCUT2D eigenvalue weighted by Gasteiger charge is 2.22. The van der Waals surface area contributed by atoms with Crippen LogP contribution in [0, 0.1) is 0 Å². The van der Waals surface area contributed by atoms with E-state index in [4.69, 9.17) is 4.42 Å². The van der Waals surface area contributed by atoms with Gasteiger partial charge < -0.3 is 4.42 Å². The Morgan fingerprint density at radius 1 is 0.177 bits per heavy atom. The summed E-state index contributed by atoms with van der Waals surface area (Å²) < 4.78 is 6.42. The first kappa shape index (κ1) is 44.9. The van der Waals surface area contributed by atoms with Crippen LogP contribution in [0.2, 0.25) is 0 Å². The second-order valence-electron chi connectivity index (χ2n) is 21.0. The molecule has 16 rings (SSSR count). The second kappa shape index (κ2) is 18.2. The number of para-hydroxylation sites is 1. The van der Waals surface area contributed by atoms with Crippen molar-refractivity contribution in [2.24, 2.45) is 0 Å². The Bertz CT molecular complexity index is 5010. The highest BCUT2D eigenvalue weighted by molar-refractivity contribution is 6.26. The third-order valence-electron chi connectivity index (χ3n) is 16.6. The lowest BCUT2D eigenvalue weighted by Gasteiger charge is -2.19. The summed E-state index contributed by atoms with van der Waals surface area (Å²) in [6.45, 7) is 0. The number of furan rings is 1. The van der Waals surface area contributed by atoms with Crippen LogP contribution in [-0.2, 0) is 0 Å². The van der Waals surface area contributed by atoms with Crippen molar-refractivity contribution in [3.8, 4) is 77.9 Å². The van der Waals surface area contributed by atoms with Crippen molar-refractivity contribution in [1.82, 2.24) is 0 Å². The van der Waals surface area contributed by atoms with Crippen LogP contribution in [0.15, 0.2) is 296 Å². The van der Waals surface area contributed by atoms with E-state index in [1.807, 2.05) is 6.07 Å². The van der Waals surface area contributed by atoms with Crippen LogP contribution in [0.3, 0.4) is 0 Å². The van der Waals surface area contributed by atoms with Gasteiger partial charge in [-0.3, -0.25) is 0 Å². The van der Waals surface area contributed by atoms with E-state index in [-0.39, 0.29) is 0 Å². The molecule has 0 saturated carbocycles. The Hall–Kier alpha value is -10.3. The normalized spacial score (nSPS) is 11.8. The van der Waals surface area contributed by atoms with E-state index in [0.717, 1.165) is 21.9 Å². The fourth-order valence-corrected chi connectivity index (χ4v) is 13.1. The van der Waals surface area contributed by atoms with Crippen LogP contribution in [-0.4, -0.2) is 0 Å². The molecule has 1 aromatic heterocycles. The van der Waals surface area contributed by atoms with Gasteiger partial charge >= 0.3 is 0 Å². The summed E-state index contributed by atoms with van der Waals surface area (Å²) in [5.74, 6) is 0. The zero-order valence-corrected chi connectivity index (χ0v) is 43.1. The number of rotatable bonds is 7. The maximum atomic E-state index is 6.42. The van der Waals surface area contributed by atoms with Gasteiger partial charge in [-0.15, -0.1) is 0 Å². The predicted octanol–water partition coefficient (Wildman–Crippen LogP) is 22.2. The molecule has 0 saturated heterocycles. The fraction of sp³-hybridized carbons (Fsp3) is 0. The van der Waals surface area contributed by atoms with Crippen LogP contribution >= 0.6 is 0 Å². The molecule has 0 aliphatic carbocycles. The van der Waals surface area contributed by atoms with Crippen molar-refractivity contribution >= 4 is 86.6 Å². The van der Waals surface area contributed by atoms with Crippen LogP contribution in [0.5, 0.6) is 0 Å². The van der Waals surface area contributed by atoms with Gasteiger partial charge in [0, 0.05) is 10.8 Å². The summed E-state index contributed by atoms with van der Waals surface area (Å²) in [7, 11) is 0. The van der Waals surface area contributed by atoms with Gasteiger partial charge in [-0.25, -0.2) is 0 Å². The molecule has 0 radical (unpaired) electrons. The van der Waals surface area contributed by atoms with Crippen LogP contribution in [0.25, 0.3) is 164 Å². The summed E-state index contributed by atoms with van der Waals surface area (Å²) >= 11 is 0. The van der Waals surface area contributed by atoms with E-state index >= 15 is 0 Å². The first-order chi connectivity index (χ1) is 39.2. The van der Waals surface area contributed by atoms with Crippen molar-refractivity contribution in [2.75, 3.05) is 0 Å². The molecule has 1 nitrogen and oxygen atoms in total. The Labute approximate surface area is 457 Å². The molecule has 0 aliphatic rings. The van der Waals surface area contributed by atoms with Crippen LogP contribution in [0.4, 0.5) is 0 Å². The van der Waals surface area contributed by atoms with Gasteiger partial charge in [0.15, 0.2) is 0 Å². The van der Waals surface area contributed by atoms with Gasteiger partial charge in [0.25, 0.3) is 0 Å². The average molecular weight is 1000 g/mol. The van der Waals surface area contributed by atoms with E-state index < -0.39 is 0 Å². The van der Waals surface area contributed by atoms with Crippen molar-refractivity contribution < 1.29 is 4.42 Å². The monoisotopic (exact) mass is 1000 g/mol. The van der Waals surface area contributed by atoms with Crippen molar-refractivity contribution in [3.63, 3.8) is 0 Å². The summed E-state index contributed by atoms with van der Waals surface area (Å²) in [4.78, 5) is 0. The summed E-state index contributed by atoms with van der Waals surface area (Å²) in [5.41, 5.74) is 18.8. The SMILES string of the molecule is c1cc(-c2cccc3ccccc23)cc(-c2c3ccccc3c(-c3ccc(-c4ccc5ccc(-c6cccc(-c7c8ccccc8c(-c8cccc9oc%10ccccc%10c89)c8ccccc78)c6)cc5c4)cc3)c3ccccc23)c1. The Morgan fingerprint density at radius 3 is 1.16 bits per heavy atom. The molecule has 0 amide bonds. The molecular formula is C78H48O. The Balaban J connectivity index is 0.761. The van der Waals surface area contributed by atoms with E-state index in [9.17, 15) is 0 Å². The molecule has 366 valence electrons. The highest BCUT2D eigenvalue weighted by atomic mass is 16.3. The molecule has 0 atom stereocenters. The van der Waals surface area contributed by atoms with Gasteiger partial charge in [0.1, 0.15) is 11.2 Å². The number of hydrogen-bond acceptors (Lipinski definition) is 1. The van der Waals surface area contributed by atoms with Gasteiger partial charge in [0.2, 0.25) is 0 Å². The lowest BCUT2D eigenvalue weighted by molar-refractivity contribution is 0.669. The summed E-state index contributed by atoms with van der Waals surface area (Å²) in [6.07, 6.45) is 0. The zero-order valence-electron chi connectivity index (χ0n) is 43.1. The van der Waals surface area contributed by atoms with Crippen molar-refractivity contribution in [2.45, 2.75) is 0 Å². The van der Waals surface area contributed by atoms with Crippen molar-refractivity contribution in [3.05, 3.63) is 291 Å². The first-order valence-corrected chi connectivity index (χ1v) is 27.3. The maximum absolute atomic E-state index is 6.42. The molecule has 79 heavy (non-hydrogen) atoms. The minimum Gasteiger partial charge on any atom is -0.456 e. The highest BCUT2D eigenvalue weighted by Crippen LogP contribution is 2.49. The smallest absolute Gasteiger partial charge is 0.136 e. The molecule has 0 aliphatic heterocycles. The van der Waals surface area contributed by atoms with Gasteiger partial charge in [-0.05, 0) is 179 Å². The zero-order chi connectivity index (χ0) is 52.0. The molecule has 16 aromatic rings. The maximum Gasteiger partial charge on any atom is 0.136 e. The minimum atomic E-state index is 0.903. The minimum absolute atomic E-state index is 0.903. The first-order valence-electron chi connectivity index (χ1n) is 27.3. The molecule has 0 bridgehead atoms. The van der Waals surface area contributed by atoms with Gasteiger partial charge in [-0.1, -0.05) is 255 Å². The van der Waals surface area contributed by atoms with Crippen LogP contribution < -0.4 is 0 Å². The third-order valence-corrected chi connectivity index (χ3v) is 16.6. The quantitative estimate of drug-likeness (QED) is 0.145. The average Bonchev–Trinajstić information content (AvgIpc) is 4.10. The second-order valence-corrected chi connectivity index (χ2v) is 21.0. The van der Waals surface area contributed by atoms with Crippen LogP contribution in [0.1, 0.15) is 0 Å².